The second-order valence-corrected chi connectivity index (χ2v) is 5.30. The summed E-state index contributed by atoms with van der Waals surface area (Å²) in [4.78, 5) is 15.4. The molecule has 0 amide bonds. The summed E-state index contributed by atoms with van der Waals surface area (Å²) in [6.07, 6.45) is 1.65. The predicted octanol–water partition coefficient (Wildman–Crippen LogP) is 3.53. The van der Waals surface area contributed by atoms with E-state index in [4.69, 9.17) is 9.47 Å². The molecular weight excluding hydrogens is 308 g/mol. The Labute approximate surface area is 140 Å². The maximum Gasteiger partial charge on any atom is 0.236 e. The molecule has 0 aliphatic carbocycles. The minimum absolute atomic E-state index is 0.319. The maximum atomic E-state index is 11.2. The highest BCUT2D eigenvalue weighted by Crippen LogP contribution is 2.25. The second-order valence-electron chi connectivity index (χ2n) is 5.30. The minimum Gasteiger partial charge on any atom is -0.497 e. The lowest BCUT2D eigenvalue weighted by molar-refractivity contribution is -0.522. The first-order chi connectivity index (χ1) is 11.5. The van der Waals surface area contributed by atoms with Crippen LogP contribution in [0.1, 0.15) is 24.1 Å². The molecule has 0 saturated carbocycles. The van der Waals surface area contributed by atoms with Gasteiger partial charge < -0.3 is 9.47 Å². The van der Waals surface area contributed by atoms with E-state index >= 15 is 0 Å². The van der Waals surface area contributed by atoms with Gasteiger partial charge in [-0.3, -0.25) is 15.1 Å². The summed E-state index contributed by atoms with van der Waals surface area (Å²) in [7, 11) is 3.18. The Bertz CT molecular complexity index is 696. The number of benzene rings is 2. The van der Waals surface area contributed by atoms with Gasteiger partial charge in [-0.1, -0.05) is 12.1 Å². The van der Waals surface area contributed by atoms with Gasteiger partial charge in [0.1, 0.15) is 17.5 Å². The highest BCUT2D eigenvalue weighted by atomic mass is 16.6. The number of nitro groups is 1. The lowest BCUT2D eigenvalue weighted by atomic mass is 10.0. The monoisotopic (exact) mass is 328 g/mol. The van der Waals surface area contributed by atoms with Crippen molar-refractivity contribution in [3.8, 4) is 11.5 Å². The molecule has 0 saturated heterocycles. The van der Waals surface area contributed by atoms with Crippen molar-refractivity contribution < 1.29 is 14.4 Å². The summed E-state index contributed by atoms with van der Waals surface area (Å²) in [5, 5.41) is 11.2. The van der Waals surface area contributed by atoms with Gasteiger partial charge in [0.15, 0.2) is 0 Å². The molecule has 0 heterocycles. The van der Waals surface area contributed by atoms with Crippen molar-refractivity contribution in [1.82, 2.24) is 0 Å². The zero-order chi connectivity index (χ0) is 17.5. The number of rotatable bonds is 7. The van der Waals surface area contributed by atoms with Crippen LogP contribution in [0.15, 0.2) is 53.5 Å². The van der Waals surface area contributed by atoms with Gasteiger partial charge in [0, 0.05) is 18.1 Å². The van der Waals surface area contributed by atoms with Crippen LogP contribution in [0.2, 0.25) is 0 Å². The van der Waals surface area contributed by atoms with Gasteiger partial charge in [-0.25, -0.2) is 0 Å². The summed E-state index contributed by atoms with van der Waals surface area (Å²) >= 11 is 0. The van der Waals surface area contributed by atoms with E-state index in [0.717, 1.165) is 16.9 Å². The van der Waals surface area contributed by atoms with Crippen molar-refractivity contribution in [3.05, 3.63) is 69.8 Å². The summed E-state index contributed by atoms with van der Waals surface area (Å²) < 4.78 is 10.2. The molecule has 2 aromatic rings. The van der Waals surface area contributed by atoms with Crippen LogP contribution in [-0.4, -0.2) is 31.4 Å². The molecule has 0 spiro atoms. The van der Waals surface area contributed by atoms with E-state index in [2.05, 4.69) is 4.99 Å². The van der Waals surface area contributed by atoms with Gasteiger partial charge in [-0.05, 0) is 47.5 Å². The van der Waals surface area contributed by atoms with Crippen molar-refractivity contribution in [2.45, 2.75) is 19.0 Å². The molecule has 6 heteroatoms. The van der Waals surface area contributed by atoms with Gasteiger partial charge in [0.2, 0.25) is 6.04 Å². The summed E-state index contributed by atoms with van der Waals surface area (Å²) in [6, 6.07) is 13.1. The van der Waals surface area contributed by atoms with Gasteiger partial charge in [0.05, 0.1) is 14.2 Å². The SMILES string of the molecule is COc1ccc(C=NC(c2ccc(OC)cc2)C(C)[N+](=O)[O-])cc1. The van der Waals surface area contributed by atoms with Crippen molar-refractivity contribution in [3.63, 3.8) is 0 Å². The fourth-order valence-electron chi connectivity index (χ4n) is 2.26. The molecule has 2 aromatic carbocycles. The van der Waals surface area contributed by atoms with E-state index in [0.29, 0.717) is 5.75 Å². The molecule has 0 N–H and O–H groups in total. The van der Waals surface area contributed by atoms with Gasteiger partial charge >= 0.3 is 0 Å². The Morgan fingerprint density at radius 1 is 1.00 bits per heavy atom. The first-order valence-corrected chi connectivity index (χ1v) is 7.50. The van der Waals surface area contributed by atoms with E-state index in [1.165, 1.54) is 0 Å². The van der Waals surface area contributed by atoms with Crippen LogP contribution in [0, 0.1) is 10.1 Å². The van der Waals surface area contributed by atoms with Gasteiger partial charge in [0.25, 0.3) is 0 Å². The minimum atomic E-state index is -0.840. The Balaban J connectivity index is 2.27. The predicted molar refractivity (Wildman–Crippen MR) is 92.8 cm³/mol. The fourth-order valence-corrected chi connectivity index (χ4v) is 2.26. The van der Waals surface area contributed by atoms with E-state index in [1.807, 2.05) is 24.3 Å². The average Bonchev–Trinajstić information content (AvgIpc) is 2.62. The zero-order valence-electron chi connectivity index (χ0n) is 13.9. The number of methoxy groups -OCH3 is 2. The van der Waals surface area contributed by atoms with E-state index in [1.54, 1.807) is 51.6 Å². The van der Waals surface area contributed by atoms with E-state index < -0.39 is 12.1 Å². The number of nitrogens with zero attached hydrogens (tertiary/aromatic N) is 2. The van der Waals surface area contributed by atoms with Crippen LogP contribution in [0.25, 0.3) is 0 Å². The molecule has 24 heavy (non-hydrogen) atoms. The van der Waals surface area contributed by atoms with Crippen LogP contribution >= 0.6 is 0 Å². The molecule has 0 bridgehead atoms. The van der Waals surface area contributed by atoms with Crippen LogP contribution < -0.4 is 9.47 Å². The quantitative estimate of drug-likeness (QED) is 0.443. The van der Waals surface area contributed by atoms with Crippen LogP contribution in [0.4, 0.5) is 0 Å². The molecule has 2 atom stereocenters. The topological polar surface area (TPSA) is 74.0 Å². The highest BCUT2D eigenvalue weighted by molar-refractivity contribution is 5.80. The highest BCUT2D eigenvalue weighted by Gasteiger charge is 2.27. The molecule has 0 aliphatic heterocycles. The Hall–Kier alpha value is -2.89. The molecule has 0 radical (unpaired) electrons. The first kappa shape index (κ1) is 17.5. The third kappa shape index (κ3) is 4.32. The van der Waals surface area contributed by atoms with Crippen molar-refractivity contribution in [1.29, 1.82) is 0 Å². The maximum absolute atomic E-state index is 11.2. The van der Waals surface area contributed by atoms with E-state index in [9.17, 15) is 10.1 Å². The van der Waals surface area contributed by atoms with Crippen LogP contribution in [0.5, 0.6) is 11.5 Å². The van der Waals surface area contributed by atoms with Crippen LogP contribution in [0.3, 0.4) is 0 Å². The van der Waals surface area contributed by atoms with Crippen LogP contribution in [-0.2, 0) is 0 Å². The lowest BCUT2D eigenvalue weighted by Crippen LogP contribution is -2.23. The Kier molecular flexibility index (Phi) is 5.89. The number of hydrogen-bond acceptors (Lipinski definition) is 5. The summed E-state index contributed by atoms with van der Waals surface area (Å²) in [5.74, 6) is 1.45. The van der Waals surface area contributed by atoms with Gasteiger partial charge in [-0.15, -0.1) is 0 Å². The number of hydrogen-bond donors (Lipinski definition) is 0. The molecule has 0 aliphatic rings. The molecular formula is C18H20N2O4. The normalized spacial score (nSPS) is 13.5. The first-order valence-electron chi connectivity index (χ1n) is 7.50. The summed E-state index contributed by atoms with van der Waals surface area (Å²) in [5.41, 5.74) is 1.62. The van der Waals surface area contributed by atoms with Gasteiger partial charge in [-0.2, -0.15) is 0 Å². The van der Waals surface area contributed by atoms with Crippen molar-refractivity contribution in [2.24, 2.45) is 4.99 Å². The average molecular weight is 328 g/mol. The third-order valence-electron chi connectivity index (χ3n) is 3.75. The second kappa shape index (κ2) is 8.10. The molecule has 6 nitrogen and oxygen atoms in total. The Morgan fingerprint density at radius 2 is 1.50 bits per heavy atom. The smallest absolute Gasteiger partial charge is 0.236 e. The summed E-state index contributed by atoms with van der Waals surface area (Å²) in [6.45, 7) is 1.56. The van der Waals surface area contributed by atoms with Crippen molar-refractivity contribution >= 4 is 6.21 Å². The molecule has 0 fully saturated rings. The fraction of sp³-hybridized carbons (Fsp3) is 0.278. The number of aliphatic imine (C=N–C) groups is 1. The molecule has 2 unspecified atom stereocenters. The molecule has 2 rings (SSSR count). The Morgan fingerprint density at radius 3 is 1.96 bits per heavy atom. The lowest BCUT2D eigenvalue weighted by Gasteiger charge is -2.15. The molecule has 0 aromatic heterocycles. The molecule has 126 valence electrons. The zero-order valence-corrected chi connectivity index (χ0v) is 13.9. The number of ether oxygens (including phenoxy) is 2. The van der Waals surface area contributed by atoms with E-state index in [-0.39, 0.29) is 4.92 Å². The van der Waals surface area contributed by atoms with Crippen molar-refractivity contribution in [2.75, 3.05) is 14.2 Å². The largest absolute Gasteiger partial charge is 0.497 e. The standard InChI is InChI=1S/C18H20N2O4/c1-13(20(21)22)18(15-6-10-17(24-3)11-7-15)19-12-14-4-8-16(23-2)9-5-14/h4-13,18H,1-3H3. The third-order valence-corrected chi connectivity index (χ3v) is 3.75.